The second kappa shape index (κ2) is 11.8. The van der Waals surface area contributed by atoms with Crippen molar-refractivity contribution in [2.75, 3.05) is 36.4 Å². The molecular formula is C29H32N4O2S. The quantitative estimate of drug-likeness (QED) is 0.483. The second-order valence-electron chi connectivity index (χ2n) is 9.18. The number of nitrogens with zero attached hydrogens (tertiary/aromatic N) is 2. The summed E-state index contributed by atoms with van der Waals surface area (Å²) >= 11 is 5.56. The van der Waals surface area contributed by atoms with E-state index in [1.165, 1.54) is 0 Å². The zero-order valence-electron chi connectivity index (χ0n) is 20.7. The predicted octanol–water partition coefficient (Wildman–Crippen LogP) is 4.64. The first-order valence-corrected chi connectivity index (χ1v) is 12.7. The summed E-state index contributed by atoms with van der Waals surface area (Å²) in [4.78, 5) is 29.9. The van der Waals surface area contributed by atoms with Crippen molar-refractivity contribution in [1.82, 2.24) is 10.2 Å². The fraction of sp³-hybridized carbons (Fsp3) is 0.276. The molecule has 0 unspecified atom stereocenters. The molecule has 3 aromatic carbocycles. The summed E-state index contributed by atoms with van der Waals surface area (Å²) in [6.45, 7) is 6.71. The standard InChI is InChI=1S/C29H32N4O2S/c1-21(2)28(35)33-19-17-32(18-20-33)25-16-10-9-15-24(25)30-29(36)31-27(34)26(22-11-5-3-6-12-22)23-13-7-4-8-14-23/h3-16,21,26H,17-20H2,1-2H3,(H2,30,31,34,36). The third-order valence-electron chi connectivity index (χ3n) is 6.34. The molecule has 36 heavy (non-hydrogen) atoms. The van der Waals surface area contributed by atoms with Crippen LogP contribution in [-0.2, 0) is 9.59 Å². The molecule has 1 saturated heterocycles. The summed E-state index contributed by atoms with van der Waals surface area (Å²) in [5.74, 6) is -0.476. The molecule has 0 aromatic heterocycles. The number of hydrogen-bond acceptors (Lipinski definition) is 4. The number of thiocarbonyl (C=S) groups is 1. The highest BCUT2D eigenvalue weighted by Gasteiger charge is 2.25. The van der Waals surface area contributed by atoms with E-state index in [9.17, 15) is 9.59 Å². The number of anilines is 2. The number of benzene rings is 3. The van der Waals surface area contributed by atoms with Crippen molar-refractivity contribution < 1.29 is 9.59 Å². The number of hydrogen-bond donors (Lipinski definition) is 2. The van der Waals surface area contributed by atoms with Crippen molar-refractivity contribution in [3.05, 3.63) is 96.1 Å². The van der Waals surface area contributed by atoms with Gasteiger partial charge in [-0.1, -0.05) is 86.6 Å². The van der Waals surface area contributed by atoms with Crippen LogP contribution in [0.3, 0.4) is 0 Å². The lowest BCUT2D eigenvalue weighted by Crippen LogP contribution is -2.50. The Kier molecular flexibility index (Phi) is 8.33. The smallest absolute Gasteiger partial charge is 0.238 e. The van der Waals surface area contributed by atoms with Crippen molar-refractivity contribution in [1.29, 1.82) is 0 Å². The normalized spacial score (nSPS) is 13.6. The molecule has 0 spiro atoms. The summed E-state index contributed by atoms with van der Waals surface area (Å²) in [6, 6.07) is 27.3. The van der Waals surface area contributed by atoms with Crippen LogP contribution >= 0.6 is 12.2 Å². The molecule has 1 heterocycles. The van der Waals surface area contributed by atoms with Gasteiger partial charge in [0.1, 0.15) is 0 Å². The van der Waals surface area contributed by atoms with Crippen molar-refractivity contribution in [3.63, 3.8) is 0 Å². The van der Waals surface area contributed by atoms with E-state index in [-0.39, 0.29) is 22.8 Å². The minimum absolute atomic E-state index is 0.00193. The Balaban J connectivity index is 1.45. The Labute approximate surface area is 218 Å². The van der Waals surface area contributed by atoms with Gasteiger partial charge in [0.05, 0.1) is 17.3 Å². The van der Waals surface area contributed by atoms with Gasteiger partial charge in [0.25, 0.3) is 0 Å². The van der Waals surface area contributed by atoms with E-state index in [0.717, 1.165) is 35.6 Å². The van der Waals surface area contributed by atoms with Crippen molar-refractivity contribution in [2.24, 2.45) is 5.92 Å². The number of piperazine rings is 1. The first-order valence-electron chi connectivity index (χ1n) is 12.3. The number of amides is 2. The Hall–Kier alpha value is -3.71. The maximum atomic E-state index is 13.4. The van der Waals surface area contributed by atoms with E-state index in [1.54, 1.807) is 0 Å². The van der Waals surface area contributed by atoms with E-state index >= 15 is 0 Å². The summed E-state index contributed by atoms with van der Waals surface area (Å²) < 4.78 is 0. The monoisotopic (exact) mass is 500 g/mol. The van der Waals surface area contributed by atoms with E-state index in [1.807, 2.05) is 104 Å². The number of nitrogens with one attached hydrogen (secondary N) is 2. The molecule has 186 valence electrons. The number of carbonyl (C=O) groups is 2. The zero-order chi connectivity index (χ0) is 25.5. The molecule has 4 rings (SSSR count). The second-order valence-corrected chi connectivity index (χ2v) is 9.59. The highest BCUT2D eigenvalue weighted by Crippen LogP contribution is 2.28. The Bertz CT molecular complexity index is 1150. The lowest BCUT2D eigenvalue weighted by molar-refractivity contribution is -0.134. The molecule has 6 nitrogen and oxygen atoms in total. The van der Waals surface area contributed by atoms with Gasteiger partial charge in [-0.05, 0) is 35.5 Å². The van der Waals surface area contributed by atoms with E-state index < -0.39 is 5.92 Å². The van der Waals surface area contributed by atoms with Crippen molar-refractivity contribution >= 4 is 40.5 Å². The minimum atomic E-state index is -0.478. The van der Waals surface area contributed by atoms with Gasteiger partial charge in [-0.25, -0.2) is 0 Å². The lowest BCUT2D eigenvalue weighted by Gasteiger charge is -2.37. The fourth-order valence-corrected chi connectivity index (χ4v) is 4.72. The maximum Gasteiger partial charge on any atom is 0.238 e. The largest absolute Gasteiger partial charge is 0.366 e. The number of carbonyl (C=O) groups excluding carboxylic acids is 2. The summed E-state index contributed by atoms with van der Waals surface area (Å²) in [5.41, 5.74) is 3.62. The molecular weight excluding hydrogens is 468 g/mol. The van der Waals surface area contributed by atoms with Crippen LogP contribution in [0.5, 0.6) is 0 Å². The van der Waals surface area contributed by atoms with Crippen molar-refractivity contribution in [2.45, 2.75) is 19.8 Å². The summed E-state index contributed by atoms with van der Waals surface area (Å²) in [5, 5.41) is 6.37. The molecule has 3 aromatic rings. The van der Waals surface area contributed by atoms with Crippen LogP contribution in [0.25, 0.3) is 0 Å². The Morgan fingerprint density at radius 2 is 1.31 bits per heavy atom. The van der Waals surface area contributed by atoms with Crippen molar-refractivity contribution in [3.8, 4) is 0 Å². The molecule has 7 heteroatoms. The van der Waals surface area contributed by atoms with Crippen LogP contribution in [0.4, 0.5) is 11.4 Å². The van der Waals surface area contributed by atoms with Gasteiger partial charge in [0, 0.05) is 32.1 Å². The zero-order valence-corrected chi connectivity index (χ0v) is 21.5. The van der Waals surface area contributed by atoms with E-state index in [2.05, 4.69) is 15.5 Å². The van der Waals surface area contributed by atoms with Gasteiger partial charge < -0.3 is 20.4 Å². The van der Waals surface area contributed by atoms with Crippen LogP contribution in [-0.4, -0.2) is 48.0 Å². The molecule has 2 amide bonds. The average molecular weight is 501 g/mol. The van der Waals surface area contributed by atoms with E-state index in [4.69, 9.17) is 12.2 Å². The van der Waals surface area contributed by atoms with Gasteiger partial charge in [0.15, 0.2) is 5.11 Å². The van der Waals surface area contributed by atoms with Crippen LogP contribution in [0.1, 0.15) is 30.9 Å². The molecule has 0 atom stereocenters. The van der Waals surface area contributed by atoms with Gasteiger partial charge >= 0.3 is 0 Å². The molecule has 0 bridgehead atoms. The van der Waals surface area contributed by atoms with Crippen LogP contribution in [0, 0.1) is 5.92 Å². The number of para-hydroxylation sites is 2. The molecule has 2 N–H and O–H groups in total. The molecule has 1 aliphatic heterocycles. The highest BCUT2D eigenvalue weighted by atomic mass is 32.1. The van der Waals surface area contributed by atoms with Crippen LogP contribution < -0.4 is 15.5 Å². The maximum absolute atomic E-state index is 13.4. The van der Waals surface area contributed by atoms with Crippen LogP contribution in [0.2, 0.25) is 0 Å². The highest BCUT2D eigenvalue weighted by molar-refractivity contribution is 7.80. The lowest BCUT2D eigenvalue weighted by atomic mass is 9.90. The Morgan fingerprint density at radius 1 is 0.778 bits per heavy atom. The fourth-order valence-electron chi connectivity index (χ4n) is 4.51. The van der Waals surface area contributed by atoms with Gasteiger partial charge in [-0.3, -0.25) is 9.59 Å². The number of rotatable bonds is 6. The van der Waals surface area contributed by atoms with Gasteiger partial charge in [-0.15, -0.1) is 0 Å². The van der Waals surface area contributed by atoms with E-state index in [0.29, 0.717) is 13.1 Å². The molecule has 0 radical (unpaired) electrons. The summed E-state index contributed by atoms with van der Waals surface area (Å²) in [6.07, 6.45) is 0. The SMILES string of the molecule is CC(C)C(=O)N1CCN(c2ccccc2NC(=S)NC(=O)C(c2ccccc2)c2ccccc2)CC1. The minimum Gasteiger partial charge on any atom is -0.366 e. The summed E-state index contributed by atoms with van der Waals surface area (Å²) in [7, 11) is 0. The Morgan fingerprint density at radius 3 is 1.86 bits per heavy atom. The third-order valence-corrected chi connectivity index (χ3v) is 6.55. The molecule has 0 saturated carbocycles. The average Bonchev–Trinajstić information content (AvgIpc) is 2.90. The topological polar surface area (TPSA) is 64.7 Å². The predicted molar refractivity (Wildman–Crippen MR) is 149 cm³/mol. The van der Waals surface area contributed by atoms with Crippen LogP contribution in [0.15, 0.2) is 84.9 Å². The first-order chi connectivity index (χ1) is 17.4. The molecule has 1 aliphatic rings. The van der Waals surface area contributed by atoms with Gasteiger partial charge in [0.2, 0.25) is 11.8 Å². The third kappa shape index (κ3) is 6.10. The van der Waals surface area contributed by atoms with Gasteiger partial charge in [-0.2, -0.15) is 0 Å². The molecule has 1 fully saturated rings. The molecule has 0 aliphatic carbocycles. The first kappa shape index (κ1) is 25.4.